The Bertz CT molecular complexity index is 546. The molecule has 2 rings (SSSR count). The maximum absolute atomic E-state index is 8.60. The molecule has 0 saturated carbocycles. The fourth-order valence-corrected chi connectivity index (χ4v) is 2.97. The smallest absolute Gasteiger partial charge is 0.186 e. The number of fused-ring (bicyclic) bond motifs is 1. The van der Waals surface area contributed by atoms with Gasteiger partial charge in [-0.3, -0.25) is 0 Å². The number of rotatable bonds is 5. The van der Waals surface area contributed by atoms with Crippen LogP contribution in [0.15, 0.2) is 29.4 Å². The average Bonchev–Trinajstić information content (AvgIpc) is 2.81. The third-order valence-electron chi connectivity index (χ3n) is 2.89. The molecule has 1 aromatic carbocycles. The topological polar surface area (TPSA) is 74.7 Å². The van der Waals surface area contributed by atoms with Crippen LogP contribution in [0.3, 0.4) is 0 Å². The lowest BCUT2D eigenvalue weighted by Crippen LogP contribution is -2.33. The van der Waals surface area contributed by atoms with E-state index >= 15 is 0 Å². The number of hydrogen-bond donors (Lipinski definition) is 2. The number of para-hydroxylation sites is 1. The fraction of sp³-hybridized carbons (Fsp3) is 0.385. The van der Waals surface area contributed by atoms with Gasteiger partial charge in [0, 0.05) is 19.0 Å². The number of oxime groups is 1. The molecule has 2 aromatic rings. The van der Waals surface area contributed by atoms with Crippen molar-refractivity contribution in [3.05, 3.63) is 24.3 Å². The van der Waals surface area contributed by atoms with E-state index in [2.05, 4.69) is 35.0 Å². The van der Waals surface area contributed by atoms with E-state index in [0.29, 0.717) is 19.0 Å². The van der Waals surface area contributed by atoms with E-state index in [-0.39, 0.29) is 5.84 Å². The molecule has 0 spiro atoms. The van der Waals surface area contributed by atoms with Gasteiger partial charge in [0.05, 0.1) is 10.2 Å². The molecule has 0 aliphatic rings. The Morgan fingerprint density at radius 1 is 1.47 bits per heavy atom. The summed E-state index contributed by atoms with van der Waals surface area (Å²) in [5.74, 6) is 0.242. The highest BCUT2D eigenvalue weighted by molar-refractivity contribution is 7.22. The number of aromatic nitrogens is 1. The van der Waals surface area contributed by atoms with Crippen LogP contribution in [0.4, 0.5) is 5.13 Å². The number of benzene rings is 1. The Morgan fingerprint density at radius 3 is 2.84 bits per heavy atom. The Kier molecular flexibility index (Phi) is 4.21. The molecule has 0 unspecified atom stereocenters. The van der Waals surface area contributed by atoms with Gasteiger partial charge in [0.25, 0.3) is 0 Å². The van der Waals surface area contributed by atoms with Gasteiger partial charge in [-0.2, -0.15) is 0 Å². The number of anilines is 1. The van der Waals surface area contributed by atoms with Crippen LogP contribution < -0.4 is 10.6 Å². The van der Waals surface area contributed by atoms with E-state index < -0.39 is 0 Å². The average molecular weight is 278 g/mol. The van der Waals surface area contributed by atoms with Crippen LogP contribution in [0.1, 0.15) is 20.3 Å². The summed E-state index contributed by atoms with van der Waals surface area (Å²) < 4.78 is 1.17. The van der Waals surface area contributed by atoms with Crippen LogP contribution in [0, 0.1) is 0 Å². The molecule has 6 heteroatoms. The van der Waals surface area contributed by atoms with E-state index in [1.807, 2.05) is 18.2 Å². The highest BCUT2D eigenvalue weighted by Gasteiger charge is 2.15. The van der Waals surface area contributed by atoms with E-state index in [4.69, 9.17) is 10.9 Å². The molecule has 0 amide bonds. The molecule has 0 saturated heterocycles. The second kappa shape index (κ2) is 5.88. The maximum Gasteiger partial charge on any atom is 0.186 e. The zero-order valence-electron chi connectivity index (χ0n) is 11.1. The first-order chi connectivity index (χ1) is 9.11. The first-order valence-electron chi connectivity index (χ1n) is 6.20. The van der Waals surface area contributed by atoms with Gasteiger partial charge in [-0.25, -0.2) is 4.98 Å². The molecule has 0 fully saturated rings. The SMILES string of the molecule is CC(C)N(CCC(N)=NO)c1nc2ccccc2s1. The normalized spacial score (nSPS) is 12.3. The minimum absolute atomic E-state index is 0.242. The fourth-order valence-electron chi connectivity index (χ4n) is 1.84. The largest absolute Gasteiger partial charge is 0.409 e. The Balaban J connectivity index is 2.23. The summed E-state index contributed by atoms with van der Waals surface area (Å²) in [6.07, 6.45) is 0.518. The molecule has 0 aliphatic heterocycles. The van der Waals surface area contributed by atoms with Crippen LogP contribution in [-0.2, 0) is 0 Å². The van der Waals surface area contributed by atoms with E-state index in [9.17, 15) is 0 Å². The van der Waals surface area contributed by atoms with Crippen molar-refractivity contribution < 1.29 is 5.21 Å². The van der Waals surface area contributed by atoms with Gasteiger partial charge in [-0.1, -0.05) is 28.6 Å². The Hall–Kier alpha value is -1.82. The number of thiazole rings is 1. The molecule has 1 aromatic heterocycles. The van der Waals surface area contributed by atoms with Crippen LogP contribution in [0.5, 0.6) is 0 Å². The molecule has 3 N–H and O–H groups in total. The van der Waals surface area contributed by atoms with Crippen molar-refractivity contribution in [1.82, 2.24) is 4.98 Å². The van der Waals surface area contributed by atoms with Crippen molar-refractivity contribution in [2.24, 2.45) is 10.9 Å². The highest BCUT2D eigenvalue weighted by atomic mass is 32.1. The lowest BCUT2D eigenvalue weighted by atomic mass is 10.3. The first-order valence-corrected chi connectivity index (χ1v) is 7.02. The molecule has 0 aliphatic carbocycles. The number of nitrogens with zero attached hydrogens (tertiary/aromatic N) is 3. The van der Waals surface area contributed by atoms with Crippen LogP contribution in [0.25, 0.3) is 10.2 Å². The standard InChI is InChI=1S/C13H18N4OS/c1-9(2)17(8-7-12(14)16-18)13-15-10-5-3-4-6-11(10)19-13/h3-6,9,18H,7-8H2,1-2H3,(H2,14,16). The molecular formula is C13H18N4OS. The van der Waals surface area contributed by atoms with E-state index in [1.165, 1.54) is 4.70 Å². The highest BCUT2D eigenvalue weighted by Crippen LogP contribution is 2.29. The van der Waals surface area contributed by atoms with Gasteiger partial charge in [0.1, 0.15) is 5.84 Å². The number of hydrogen-bond acceptors (Lipinski definition) is 5. The lowest BCUT2D eigenvalue weighted by molar-refractivity contribution is 0.317. The lowest BCUT2D eigenvalue weighted by Gasteiger charge is -2.25. The third kappa shape index (κ3) is 3.14. The van der Waals surface area contributed by atoms with Crippen molar-refractivity contribution in [3.63, 3.8) is 0 Å². The summed E-state index contributed by atoms with van der Waals surface area (Å²) in [5, 5.41) is 12.6. The van der Waals surface area contributed by atoms with Crippen molar-refractivity contribution in [2.75, 3.05) is 11.4 Å². The molecule has 19 heavy (non-hydrogen) atoms. The van der Waals surface area contributed by atoms with Gasteiger partial charge < -0.3 is 15.8 Å². The number of amidine groups is 1. The minimum atomic E-state index is 0.242. The maximum atomic E-state index is 8.60. The summed E-state index contributed by atoms with van der Waals surface area (Å²) in [5.41, 5.74) is 6.54. The van der Waals surface area contributed by atoms with Gasteiger partial charge >= 0.3 is 0 Å². The van der Waals surface area contributed by atoms with Gasteiger partial charge in [-0.05, 0) is 26.0 Å². The molecule has 5 nitrogen and oxygen atoms in total. The monoisotopic (exact) mass is 278 g/mol. The van der Waals surface area contributed by atoms with Crippen molar-refractivity contribution in [3.8, 4) is 0 Å². The molecule has 0 bridgehead atoms. The van der Waals surface area contributed by atoms with Gasteiger partial charge in [0.2, 0.25) is 0 Å². The summed E-state index contributed by atoms with van der Waals surface area (Å²) in [6, 6.07) is 8.39. The zero-order chi connectivity index (χ0) is 13.8. The minimum Gasteiger partial charge on any atom is -0.409 e. The Morgan fingerprint density at radius 2 is 2.21 bits per heavy atom. The summed E-state index contributed by atoms with van der Waals surface area (Å²) in [4.78, 5) is 6.81. The van der Waals surface area contributed by atoms with E-state index in [1.54, 1.807) is 11.3 Å². The predicted octanol–water partition coefficient (Wildman–Crippen LogP) is 2.65. The molecular weight excluding hydrogens is 260 g/mol. The second-order valence-electron chi connectivity index (χ2n) is 4.59. The van der Waals surface area contributed by atoms with Crippen molar-refractivity contribution in [2.45, 2.75) is 26.3 Å². The first kappa shape index (κ1) is 13.6. The van der Waals surface area contributed by atoms with Crippen molar-refractivity contribution in [1.29, 1.82) is 0 Å². The Labute approximate surface area is 116 Å². The van der Waals surface area contributed by atoms with E-state index in [0.717, 1.165) is 10.6 Å². The van der Waals surface area contributed by atoms with Gasteiger partial charge in [-0.15, -0.1) is 0 Å². The third-order valence-corrected chi connectivity index (χ3v) is 3.96. The summed E-state index contributed by atoms with van der Waals surface area (Å²) in [6.45, 7) is 4.91. The summed E-state index contributed by atoms with van der Waals surface area (Å²) in [7, 11) is 0. The molecule has 102 valence electrons. The molecule has 0 atom stereocenters. The predicted molar refractivity (Wildman–Crippen MR) is 80.1 cm³/mol. The van der Waals surface area contributed by atoms with Crippen LogP contribution in [0.2, 0.25) is 0 Å². The number of nitrogens with two attached hydrogens (primary N) is 1. The van der Waals surface area contributed by atoms with Crippen LogP contribution >= 0.6 is 11.3 Å². The van der Waals surface area contributed by atoms with Crippen molar-refractivity contribution >= 4 is 32.5 Å². The summed E-state index contributed by atoms with van der Waals surface area (Å²) >= 11 is 1.66. The second-order valence-corrected chi connectivity index (χ2v) is 5.60. The molecule has 1 heterocycles. The van der Waals surface area contributed by atoms with Gasteiger partial charge in [0.15, 0.2) is 5.13 Å². The van der Waals surface area contributed by atoms with Crippen LogP contribution in [-0.4, -0.2) is 28.6 Å². The quantitative estimate of drug-likeness (QED) is 0.381. The molecule has 0 radical (unpaired) electrons. The zero-order valence-corrected chi connectivity index (χ0v) is 11.9.